The van der Waals surface area contributed by atoms with Crippen LogP contribution >= 0.6 is 0 Å². The van der Waals surface area contributed by atoms with Gasteiger partial charge in [0, 0.05) is 28.9 Å². The maximum Gasteiger partial charge on any atom is 0.139 e. The first-order chi connectivity index (χ1) is 10.3. The third kappa shape index (κ3) is 2.53. The van der Waals surface area contributed by atoms with Gasteiger partial charge in [-0.2, -0.15) is 0 Å². The number of nitroso groups, excluding NO2 is 1. The van der Waals surface area contributed by atoms with Crippen molar-refractivity contribution in [3.05, 3.63) is 59.8 Å². The average molecular weight is 279 g/mol. The van der Waals surface area contributed by atoms with Crippen LogP contribution in [-0.2, 0) is 0 Å². The molecular formula is C16H13N3O2. The van der Waals surface area contributed by atoms with Gasteiger partial charge in [-0.3, -0.25) is 4.98 Å². The van der Waals surface area contributed by atoms with Gasteiger partial charge in [0.15, 0.2) is 0 Å². The van der Waals surface area contributed by atoms with Gasteiger partial charge in [-0.15, -0.1) is 4.91 Å². The van der Waals surface area contributed by atoms with Crippen molar-refractivity contribution in [3.63, 3.8) is 0 Å². The fraction of sp³-hybridized carbons (Fsp3) is 0.0625. The molecule has 3 aromatic rings. The topological polar surface area (TPSA) is 63.6 Å². The van der Waals surface area contributed by atoms with Crippen molar-refractivity contribution >= 4 is 27.8 Å². The molecule has 3 rings (SSSR count). The van der Waals surface area contributed by atoms with Gasteiger partial charge in [-0.25, -0.2) is 0 Å². The van der Waals surface area contributed by atoms with Crippen LogP contribution in [0.1, 0.15) is 0 Å². The van der Waals surface area contributed by atoms with E-state index in [0.717, 1.165) is 22.2 Å². The molecule has 0 saturated heterocycles. The second-order valence-corrected chi connectivity index (χ2v) is 4.50. The van der Waals surface area contributed by atoms with E-state index < -0.39 is 0 Å². The molecular weight excluding hydrogens is 266 g/mol. The Morgan fingerprint density at radius 2 is 1.90 bits per heavy atom. The third-order valence-electron chi connectivity index (χ3n) is 3.25. The van der Waals surface area contributed by atoms with Gasteiger partial charge in [-0.1, -0.05) is 6.07 Å². The van der Waals surface area contributed by atoms with Crippen LogP contribution in [0, 0.1) is 4.91 Å². The molecule has 0 radical (unpaired) electrons. The van der Waals surface area contributed by atoms with Gasteiger partial charge in [0.2, 0.25) is 0 Å². The highest BCUT2D eigenvalue weighted by atomic mass is 16.5. The number of benzene rings is 2. The first-order valence-electron chi connectivity index (χ1n) is 6.43. The number of rotatable bonds is 4. The lowest BCUT2D eigenvalue weighted by molar-refractivity contribution is 0.415. The summed E-state index contributed by atoms with van der Waals surface area (Å²) in [5.74, 6) is 0.777. The Labute approximate surface area is 121 Å². The average Bonchev–Trinajstić information content (AvgIpc) is 2.55. The fourth-order valence-corrected chi connectivity index (χ4v) is 2.18. The number of hydrogen-bond donors (Lipinski definition) is 1. The zero-order chi connectivity index (χ0) is 14.7. The van der Waals surface area contributed by atoms with Crippen LogP contribution in [0.4, 0.5) is 17.1 Å². The normalized spacial score (nSPS) is 10.3. The number of methoxy groups -OCH3 is 1. The Morgan fingerprint density at radius 3 is 2.62 bits per heavy atom. The summed E-state index contributed by atoms with van der Waals surface area (Å²) in [6.07, 6.45) is 3.36. The molecule has 0 bridgehead atoms. The molecule has 2 aromatic carbocycles. The fourth-order valence-electron chi connectivity index (χ4n) is 2.18. The highest BCUT2D eigenvalue weighted by molar-refractivity contribution is 5.98. The van der Waals surface area contributed by atoms with E-state index in [4.69, 9.17) is 4.74 Å². The number of ether oxygens (including phenoxy) is 1. The number of nitrogens with one attached hydrogen (secondary N) is 1. The number of anilines is 2. The summed E-state index contributed by atoms with van der Waals surface area (Å²) in [4.78, 5) is 15.2. The summed E-state index contributed by atoms with van der Waals surface area (Å²) in [6, 6.07) is 13.0. The summed E-state index contributed by atoms with van der Waals surface area (Å²) < 4.78 is 5.12. The summed E-state index contributed by atoms with van der Waals surface area (Å²) in [5, 5.41) is 8.02. The molecule has 104 valence electrons. The number of hydrogen-bond acceptors (Lipinski definition) is 5. The van der Waals surface area contributed by atoms with Gasteiger partial charge in [0.05, 0.1) is 12.8 Å². The molecule has 21 heavy (non-hydrogen) atoms. The van der Waals surface area contributed by atoms with Crippen molar-refractivity contribution in [2.24, 2.45) is 5.18 Å². The largest absolute Gasteiger partial charge is 0.497 e. The van der Waals surface area contributed by atoms with Gasteiger partial charge in [0.25, 0.3) is 0 Å². The molecule has 5 heteroatoms. The lowest BCUT2D eigenvalue weighted by Gasteiger charge is -2.10. The summed E-state index contributed by atoms with van der Waals surface area (Å²) >= 11 is 0. The first kappa shape index (κ1) is 13.1. The van der Waals surface area contributed by atoms with E-state index >= 15 is 0 Å². The molecule has 0 fully saturated rings. The minimum atomic E-state index is 0.380. The molecule has 0 unspecified atom stereocenters. The van der Waals surface area contributed by atoms with E-state index in [2.05, 4.69) is 15.5 Å². The van der Waals surface area contributed by atoms with Gasteiger partial charge in [0.1, 0.15) is 11.4 Å². The zero-order valence-corrected chi connectivity index (χ0v) is 11.4. The monoisotopic (exact) mass is 279 g/mol. The summed E-state index contributed by atoms with van der Waals surface area (Å²) in [7, 11) is 1.62. The molecule has 1 heterocycles. The predicted molar refractivity (Wildman–Crippen MR) is 83.5 cm³/mol. The van der Waals surface area contributed by atoms with E-state index in [-0.39, 0.29) is 0 Å². The standard InChI is InChI=1S/C16H13N3O2/c1-21-13-5-3-12(4-6-13)18-15-7-2-11-10-17-9-8-14(11)16(15)19-20/h2-10,18H,1H3. The van der Waals surface area contributed by atoms with Gasteiger partial charge >= 0.3 is 0 Å². The van der Waals surface area contributed by atoms with Crippen molar-refractivity contribution in [2.75, 3.05) is 12.4 Å². The zero-order valence-electron chi connectivity index (χ0n) is 11.4. The van der Waals surface area contributed by atoms with E-state index in [9.17, 15) is 4.91 Å². The SMILES string of the molecule is COc1ccc(Nc2ccc3cnccc3c2N=O)cc1. The Morgan fingerprint density at radius 1 is 1.10 bits per heavy atom. The quantitative estimate of drug-likeness (QED) is 0.719. The van der Waals surface area contributed by atoms with Crippen molar-refractivity contribution in [1.82, 2.24) is 4.98 Å². The van der Waals surface area contributed by atoms with Crippen LogP contribution in [0.5, 0.6) is 5.75 Å². The second kappa shape index (κ2) is 5.58. The lowest BCUT2D eigenvalue weighted by Crippen LogP contribution is -1.92. The van der Waals surface area contributed by atoms with Gasteiger partial charge in [-0.05, 0) is 41.6 Å². The number of pyridine rings is 1. The Bertz CT molecular complexity index is 785. The van der Waals surface area contributed by atoms with Crippen molar-refractivity contribution < 1.29 is 4.74 Å². The van der Waals surface area contributed by atoms with Crippen LogP contribution in [0.2, 0.25) is 0 Å². The molecule has 0 aliphatic heterocycles. The molecule has 0 atom stereocenters. The van der Waals surface area contributed by atoms with E-state index in [1.165, 1.54) is 0 Å². The molecule has 0 saturated carbocycles. The first-order valence-corrected chi connectivity index (χ1v) is 6.43. The molecule has 1 N–H and O–H groups in total. The second-order valence-electron chi connectivity index (χ2n) is 4.50. The number of aromatic nitrogens is 1. The van der Waals surface area contributed by atoms with Gasteiger partial charge < -0.3 is 10.1 Å². The molecule has 0 spiro atoms. The lowest BCUT2D eigenvalue weighted by atomic mass is 10.1. The van der Waals surface area contributed by atoms with Crippen LogP contribution < -0.4 is 10.1 Å². The van der Waals surface area contributed by atoms with E-state index in [1.807, 2.05) is 36.4 Å². The highest BCUT2D eigenvalue weighted by Gasteiger charge is 2.08. The Hall–Kier alpha value is -2.95. The summed E-state index contributed by atoms with van der Waals surface area (Å²) in [6.45, 7) is 0. The maximum atomic E-state index is 11.2. The van der Waals surface area contributed by atoms with Crippen LogP contribution in [0.15, 0.2) is 60.0 Å². The highest BCUT2D eigenvalue weighted by Crippen LogP contribution is 2.35. The van der Waals surface area contributed by atoms with Crippen molar-refractivity contribution in [1.29, 1.82) is 0 Å². The number of fused-ring (bicyclic) bond motifs is 1. The van der Waals surface area contributed by atoms with Crippen LogP contribution in [-0.4, -0.2) is 12.1 Å². The smallest absolute Gasteiger partial charge is 0.139 e. The van der Waals surface area contributed by atoms with Crippen LogP contribution in [0.3, 0.4) is 0 Å². The molecule has 5 nitrogen and oxygen atoms in total. The predicted octanol–water partition coefficient (Wildman–Crippen LogP) is 4.38. The molecule has 1 aromatic heterocycles. The van der Waals surface area contributed by atoms with Crippen molar-refractivity contribution in [2.45, 2.75) is 0 Å². The molecule has 0 aliphatic rings. The molecule has 0 aliphatic carbocycles. The van der Waals surface area contributed by atoms with Crippen LogP contribution in [0.25, 0.3) is 10.8 Å². The van der Waals surface area contributed by atoms with Crippen molar-refractivity contribution in [3.8, 4) is 5.75 Å². The minimum absolute atomic E-state index is 0.380. The Balaban J connectivity index is 2.01. The molecule has 0 amide bonds. The maximum absolute atomic E-state index is 11.2. The number of nitrogens with zero attached hydrogens (tertiary/aromatic N) is 2. The minimum Gasteiger partial charge on any atom is -0.497 e. The Kier molecular flexibility index (Phi) is 3.47. The van der Waals surface area contributed by atoms with E-state index in [1.54, 1.807) is 25.6 Å². The van der Waals surface area contributed by atoms with E-state index in [0.29, 0.717) is 11.4 Å². The summed E-state index contributed by atoms with van der Waals surface area (Å²) in [5.41, 5.74) is 1.90. The third-order valence-corrected chi connectivity index (χ3v) is 3.25.